The van der Waals surface area contributed by atoms with Crippen molar-refractivity contribution in [2.45, 2.75) is 6.42 Å². The lowest BCUT2D eigenvalue weighted by atomic mass is 10.3. The summed E-state index contributed by atoms with van der Waals surface area (Å²) >= 11 is 3.39. The van der Waals surface area contributed by atoms with E-state index < -0.39 is 5.91 Å². The van der Waals surface area contributed by atoms with Gasteiger partial charge in [0.15, 0.2) is 0 Å². The normalized spacial score (nSPS) is 10.4. The van der Waals surface area contributed by atoms with Crippen molar-refractivity contribution in [2.75, 3.05) is 0 Å². The fraction of sp³-hybridized carbons (Fsp3) is 0.0714. The topological polar surface area (TPSA) is 70.2 Å². The quantitative estimate of drug-likeness (QED) is 0.691. The summed E-state index contributed by atoms with van der Waals surface area (Å²) in [7, 11) is 0. The SMILES string of the molecule is N#CCC(=O)N/N=C\c1cccn1-c1ccc(Br)cc1. The van der Waals surface area contributed by atoms with Gasteiger partial charge >= 0.3 is 0 Å². The van der Waals surface area contributed by atoms with Gasteiger partial charge in [-0.25, -0.2) is 5.43 Å². The van der Waals surface area contributed by atoms with Crippen LogP contribution in [0, 0.1) is 11.3 Å². The van der Waals surface area contributed by atoms with Crippen LogP contribution in [-0.4, -0.2) is 16.7 Å². The Bertz CT molecular complexity index is 667. The standard InChI is InChI=1S/C14H11BrN4O/c15-11-3-5-12(6-4-11)19-9-1-2-13(19)10-17-18-14(20)7-8-16/h1-6,9-10H,7H2,(H,18,20)/b17-10-. The van der Waals surface area contributed by atoms with E-state index in [1.54, 1.807) is 6.07 Å². The van der Waals surface area contributed by atoms with E-state index in [0.29, 0.717) is 0 Å². The van der Waals surface area contributed by atoms with Gasteiger partial charge in [0.05, 0.1) is 18.0 Å². The van der Waals surface area contributed by atoms with E-state index >= 15 is 0 Å². The van der Waals surface area contributed by atoms with Gasteiger partial charge in [0, 0.05) is 16.4 Å². The van der Waals surface area contributed by atoms with E-state index in [-0.39, 0.29) is 6.42 Å². The van der Waals surface area contributed by atoms with Crippen LogP contribution in [0.4, 0.5) is 0 Å². The first-order chi connectivity index (χ1) is 9.70. The van der Waals surface area contributed by atoms with E-state index in [1.807, 2.05) is 47.2 Å². The van der Waals surface area contributed by atoms with Crippen molar-refractivity contribution in [1.82, 2.24) is 9.99 Å². The molecule has 0 aliphatic carbocycles. The minimum Gasteiger partial charge on any atom is -0.316 e. The lowest BCUT2D eigenvalue weighted by Crippen LogP contribution is -2.16. The molecule has 0 fully saturated rings. The minimum atomic E-state index is -0.425. The molecule has 2 rings (SSSR count). The molecule has 0 spiro atoms. The van der Waals surface area contributed by atoms with Crippen LogP contribution in [0.1, 0.15) is 12.1 Å². The van der Waals surface area contributed by atoms with Crippen LogP contribution in [0.5, 0.6) is 0 Å². The van der Waals surface area contributed by atoms with Gasteiger partial charge in [-0.3, -0.25) is 4.79 Å². The van der Waals surface area contributed by atoms with Crippen molar-refractivity contribution in [2.24, 2.45) is 5.10 Å². The largest absolute Gasteiger partial charge is 0.316 e. The average molecular weight is 331 g/mol. The minimum absolute atomic E-state index is 0.203. The summed E-state index contributed by atoms with van der Waals surface area (Å²) in [6.07, 6.45) is 3.24. The maximum absolute atomic E-state index is 11.1. The number of nitrogens with zero attached hydrogens (tertiary/aromatic N) is 3. The Labute approximate surface area is 124 Å². The second kappa shape index (κ2) is 6.68. The summed E-state index contributed by atoms with van der Waals surface area (Å²) in [4.78, 5) is 11.1. The molecule has 2 aromatic rings. The van der Waals surface area contributed by atoms with Crippen LogP contribution in [0.3, 0.4) is 0 Å². The molecule has 0 bridgehead atoms. The van der Waals surface area contributed by atoms with E-state index in [1.165, 1.54) is 6.21 Å². The van der Waals surface area contributed by atoms with Gasteiger partial charge in [-0.2, -0.15) is 10.4 Å². The predicted octanol–water partition coefficient (Wildman–Crippen LogP) is 2.60. The molecule has 1 heterocycles. The first-order valence-corrected chi connectivity index (χ1v) is 6.62. The summed E-state index contributed by atoms with van der Waals surface area (Å²) in [5, 5.41) is 12.2. The number of hydrazone groups is 1. The summed E-state index contributed by atoms with van der Waals surface area (Å²) in [6, 6.07) is 13.4. The summed E-state index contributed by atoms with van der Waals surface area (Å²) < 4.78 is 2.94. The fourth-order valence-electron chi connectivity index (χ4n) is 1.62. The van der Waals surface area contributed by atoms with Crippen LogP contribution >= 0.6 is 15.9 Å². The fourth-order valence-corrected chi connectivity index (χ4v) is 1.88. The molecule has 1 aromatic carbocycles. The highest BCUT2D eigenvalue weighted by Gasteiger charge is 2.01. The number of hydrogen-bond acceptors (Lipinski definition) is 3. The van der Waals surface area contributed by atoms with Crippen molar-refractivity contribution in [3.05, 3.63) is 52.8 Å². The molecule has 5 nitrogen and oxygen atoms in total. The maximum Gasteiger partial charge on any atom is 0.254 e. The molecule has 20 heavy (non-hydrogen) atoms. The number of amides is 1. The molecule has 1 amide bonds. The first kappa shape index (κ1) is 14.0. The van der Waals surface area contributed by atoms with Gasteiger partial charge < -0.3 is 4.57 Å². The third kappa shape index (κ3) is 3.56. The van der Waals surface area contributed by atoms with Crippen molar-refractivity contribution < 1.29 is 4.79 Å². The molecule has 0 aliphatic rings. The Morgan fingerprint density at radius 2 is 2.15 bits per heavy atom. The first-order valence-electron chi connectivity index (χ1n) is 5.83. The molecule has 0 saturated heterocycles. The van der Waals surface area contributed by atoms with Crippen molar-refractivity contribution in [1.29, 1.82) is 5.26 Å². The molecule has 0 unspecified atom stereocenters. The summed E-state index contributed by atoms with van der Waals surface area (Å²) in [5.41, 5.74) is 4.11. The number of rotatable bonds is 4. The number of carbonyl (C=O) groups excluding carboxylic acids is 1. The molecule has 1 aromatic heterocycles. The number of hydrogen-bond donors (Lipinski definition) is 1. The van der Waals surface area contributed by atoms with Crippen LogP contribution < -0.4 is 5.43 Å². The molecule has 0 aliphatic heterocycles. The van der Waals surface area contributed by atoms with Crippen molar-refractivity contribution in [3.8, 4) is 11.8 Å². The van der Waals surface area contributed by atoms with Crippen LogP contribution in [0.25, 0.3) is 5.69 Å². The molecule has 0 radical (unpaired) electrons. The van der Waals surface area contributed by atoms with Crippen LogP contribution in [-0.2, 0) is 4.79 Å². The van der Waals surface area contributed by atoms with Crippen LogP contribution in [0.15, 0.2) is 52.2 Å². The number of benzene rings is 1. The van der Waals surface area contributed by atoms with E-state index in [4.69, 9.17) is 5.26 Å². The monoisotopic (exact) mass is 330 g/mol. The zero-order chi connectivity index (χ0) is 14.4. The Morgan fingerprint density at radius 3 is 2.85 bits per heavy atom. The zero-order valence-corrected chi connectivity index (χ0v) is 12.0. The van der Waals surface area contributed by atoms with Gasteiger partial charge in [0.25, 0.3) is 5.91 Å². The molecule has 0 atom stereocenters. The Hall–Kier alpha value is -2.39. The van der Waals surface area contributed by atoms with E-state index in [9.17, 15) is 4.79 Å². The Balaban J connectivity index is 2.13. The molecule has 1 N–H and O–H groups in total. The average Bonchev–Trinajstić information content (AvgIpc) is 2.88. The molecule has 0 saturated carbocycles. The lowest BCUT2D eigenvalue weighted by Gasteiger charge is -2.06. The molecule has 100 valence electrons. The smallest absolute Gasteiger partial charge is 0.254 e. The lowest BCUT2D eigenvalue weighted by molar-refractivity contribution is -0.120. The second-order valence-corrected chi connectivity index (χ2v) is 4.82. The number of aromatic nitrogens is 1. The third-order valence-electron chi connectivity index (χ3n) is 2.51. The van der Waals surface area contributed by atoms with Crippen LogP contribution in [0.2, 0.25) is 0 Å². The van der Waals surface area contributed by atoms with Gasteiger partial charge in [-0.15, -0.1) is 0 Å². The maximum atomic E-state index is 11.1. The zero-order valence-electron chi connectivity index (χ0n) is 10.5. The van der Waals surface area contributed by atoms with E-state index in [0.717, 1.165) is 15.9 Å². The number of nitrogens with one attached hydrogen (secondary N) is 1. The summed E-state index contributed by atoms with van der Waals surface area (Å²) in [6.45, 7) is 0. The van der Waals surface area contributed by atoms with Gasteiger partial charge in [-0.05, 0) is 36.4 Å². The van der Waals surface area contributed by atoms with Gasteiger partial charge in [-0.1, -0.05) is 15.9 Å². The number of halogens is 1. The molecular formula is C14H11BrN4O. The Kier molecular flexibility index (Phi) is 4.69. The number of carbonyl (C=O) groups is 1. The molecule has 6 heteroatoms. The highest BCUT2D eigenvalue weighted by Crippen LogP contribution is 2.15. The molecular weight excluding hydrogens is 320 g/mol. The van der Waals surface area contributed by atoms with Gasteiger partial charge in [0.1, 0.15) is 6.42 Å². The van der Waals surface area contributed by atoms with Gasteiger partial charge in [0.2, 0.25) is 0 Å². The summed E-state index contributed by atoms with van der Waals surface area (Å²) in [5.74, 6) is -0.425. The highest BCUT2D eigenvalue weighted by molar-refractivity contribution is 9.10. The Morgan fingerprint density at radius 1 is 1.40 bits per heavy atom. The third-order valence-corrected chi connectivity index (χ3v) is 3.04. The second-order valence-electron chi connectivity index (χ2n) is 3.91. The van der Waals surface area contributed by atoms with Crippen molar-refractivity contribution in [3.63, 3.8) is 0 Å². The predicted molar refractivity (Wildman–Crippen MR) is 79.4 cm³/mol. The highest BCUT2D eigenvalue weighted by atomic mass is 79.9. The van der Waals surface area contributed by atoms with E-state index in [2.05, 4.69) is 26.5 Å². The van der Waals surface area contributed by atoms with Crippen molar-refractivity contribution >= 4 is 28.1 Å². The number of nitriles is 1.